The molecule has 0 radical (unpaired) electrons. The Morgan fingerprint density at radius 2 is 2.10 bits per heavy atom. The van der Waals surface area contributed by atoms with Gasteiger partial charge in [-0.1, -0.05) is 26.2 Å². The van der Waals surface area contributed by atoms with E-state index in [9.17, 15) is 5.11 Å². The second-order valence-electron chi connectivity index (χ2n) is 3.05. The molecule has 0 saturated carbocycles. The Balaban J connectivity index is 1.86. The van der Waals surface area contributed by atoms with Gasteiger partial charge in [-0.25, -0.2) is 0 Å². The minimum atomic E-state index is -0.701. The van der Waals surface area contributed by atoms with Crippen LogP contribution in [0.5, 0.6) is 0 Å². The van der Waals surface area contributed by atoms with E-state index in [0.29, 0.717) is 6.61 Å². The van der Waals surface area contributed by atoms with Crippen LogP contribution in [0.15, 0.2) is 0 Å². The minimum Gasteiger partial charge on any atom is -0.364 e. The lowest BCUT2D eigenvalue weighted by Crippen LogP contribution is -2.07. The van der Waals surface area contributed by atoms with E-state index < -0.39 is 5.79 Å². The van der Waals surface area contributed by atoms with Crippen LogP contribution in [0.1, 0.15) is 39.0 Å². The van der Waals surface area contributed by atoms with Crippen LogP contribution in [0.3, 0.4) is 0 Å². The van der Waals surface area contributed by atoms with Gasteiger partial charge in [0.25, 0.3) is 0 Å². The van der Waals surface area contributed by atoms with Crippen molar-refractivity contribution in [3.63, 3.8) is 0 Å². The summed E-state index contributed by atoms with van der Waals surface area (Å²) < 4.78 is 4.83. The molecular formula is C8H16O2. The highest BCUT2D eigenvalue weighted by Gasteiger charge is 2.41. The first-order chi connectivity index (χ1) is 4.77. The molecule has 1 aliphatic rings. The second kappa shape index (κ2) is 3.35. The van der Waals surface area contributed by atoms with Gasteiger partial charge in [-0.2, -0.15) is 0 Å². The van der Waals surface area contributed by atoms with Crippen molar-refractivity contribution >= 4 is 0 Å². The largest absolute Gasteiger partial charge is 0.364 e. The predicted octanol–water partition coefficient (Wildman–Crippen LogP) is 1.68. The van der Waals surface area contributed by atoms with E-state index in [1.165, 1.54) is 19.3 Å². The number of hydrogen-bond acceptors (Lipinski definition) is 2. The summed E-state index contributed by atoms with van der Waals surface area (Å²) in [5.41, 5.74) is 0. The van der Waals surface area contributed by atoms with Gasteiger partial charge in [-0.3, -0.25) is 0 Å². The third-order valence-corrected chi connectivity index (χ3v) is 1.90. The third-order valence-electron chi connectivity index (χ3n) is 1.90. The normalized spacial score (nSPS) is 30.6. The Morgan fingerprint density at radius 3 is 2.60 bits per heavy atom. The molecule has 2 heteroatoms. The highest BCUT2D eigenvalue weighted by atomic mass is 16.7. The summed E-state index contributed by atoms with van der Waals surface area (Å²) >= 11 is 0. The zero-order valence-corrected chi connectivity index (χ0v) is 6.60. The summed E-state index contributed by atoms with van der Waals surface area (Å²) in [7, 11) is 0. The molecule has 0 spiro atoms. The summed E-state index contributed by atoms with van der Waals surface area (Å²) in [5.74, 6) is -0.701. The lowest BCUT2D eigenvalue weighted by molar-refractivity contribution is 0.0266. The van der Waals surface area contributed by atoms with Crippen molar-refractivity contribution in [3.05, 3.63) is 0 Å². The molecule has 1 N–H and O–H groups in total. The second-order valence-corrected chi connectivity index (χ2v) is 3.05. The van der Waals surface area contributed by atoms with Gasteiger partial charge in [0.2, 0.25) is 0 Å². The van der Waals surface area contributed by atoms with E-state index in [1.54, 1.807) is 0 Å². The molecule has 1 saturated heterocycles. The van der Waals surface area contributed by atoms with Gasteiger partial charge < -0.3 is 9.84 Å². The van der Waals surface area contributed by atoms with Crippen molar-refractivity contribution in [2.24, 2.45) is 0 Å². The number of unbranched alkanes of at least 4 members (excludes halogenated alkanes) is 3. The average Bonchev–Trinajstić information content (AvgIpc) is 2.62. The van der Waals surface area contributed by atoms with Crippen LogP contribution < -0.4 is 0 Å². The van der Waals surface area contributed by atoms with Crippen LogP contribution in [-0.2, 0) is 4.74 Å². The van der Waals surface area contributed by atoms with Crippen LogP contribution >= 0.6 is 0 Å². The number of epoxide rings is 1. The lowest BCUT2D eigenvalue weighted by atomic mass is 10.1. The van der Waals surface area contributed by atoms with Gasteiger partial charge in [0.05, 0.1) is 0 Å². The van der Waals surface area contributed by atoms with Crippen LogP contribution in [0, 0.1) is 0 Å². The minimum absolute atomic E-state index is 0.555. The molecule has 1 rings (SSSR count). The van der Waals surface area contributed by atoms with Crippen molar-refractivity contribution in [3.8, 4) is 0 Å². The molecule has 0 aliphatic carbocycles. The van der Waals surface area contributed by atoms with E-state index in [0.717, 1.165) is 12.8 Å². The molecule has 0 bridgehead atoms. The molecule has 1 fully saturated rings. The van der Waals surface area contributed by atoms with Gasteiger partial charge in [0.15, 0.2) is 5.79 Å². The highest BCUT2D eigenvalue weighted by molar-refractivity contribution is 4.78. The van der Waals surface area contributed by atoms with Crippen molar-refractivity contribution in [2.45, 2.75) is 44.8 Å². The van der Waals surface area contributed by atoms with Gasteiger partial charge in [-0.15, -0.1) is 0 Å². The van der Waals surface area contributed by atoms with Gasteiger partial charge in [0.1, 0.15) is 6.61 Å². The molecule has 1 unspecified atom stereocenters. The predicted molar refractivity (Wildman–Crippen MR) is 39.7 cm³/mol. The molecular weight excluding hydrogens is 128 g/mol. The van der Waals surface area contributed by atoms with Crippen molar-refractivity contribution < 1.29 is 9.84 Å². The fraction of sp³-hybridized carbons (Fsp3) is 1.00. The molecule has 60 valence electrons. The summed E-state index contributed by atoms with van der Waals surface area (Å²) in [6, 6.07) is 0. The zero-order valence-electron chi connectivity index (χ0n) is 6.60. The Bertz CT molecular complexity index is 97.4. The van der Waals surface area contributed by atoms with E-state index in [2.05, 4.69) is 6.92 Å². The fourth-order valence-electron chi connectivity index (χ4n) is 1.06. The third kappa shape index (κ3) is 2.67. The lowest BCUT2D eigenvalue weighted by Gasteiger charge is -2.01. The van der Waals surface area contributed by atoms with Crippen LogP contribution in [0.25, 0.3) is 0 Å². The standard InChI is InChI=1S/C8H16O2/c1-2-3-4-5-6-8(9)7-10-8/h9H,2-7H2,1H3. The molecule has 0 aromatic rings. The van der Waals surface area contributed by atoms with Crippen molar-refractivity contribution in [2.75, 3.05) is 6.61 Å². The molecule has 1 atom stereocenters. The topological polar surface area (TPSA) is 32.8 Å². The Kier molecular flexibility index (Phi) is 2.69. The first-order valence-electron chi connectivity index (χ1n) is 4.13. The smallest absolute Gasteiger partial charge is 0.189 e. The summed E-state index contributed by atoms with van der Waals surface area (Å²) in [6.45, 7) is 2.74. The molecule has 1 heterocycles. The van der Waals surface area contributed by atoms with E-state index in [1.807, 2.05) is 0 Å². The highest BCUT2D eigenvalue weighted by Crippen LogP contribution is 2.29. The molecule has 1 aliphatic heterocycles. The average molecular weight is 144 g/mol. The van der Waals surface area contributed by atoms with E-state index in [-0.39, 0.29) is 0 Å². The fourth-order valence-corrected chi connectivity index (χ4v) is 1.06. The Hall–Kier alpha value is -0.0800. The van der Waals surface area contributed by atoms with E-state index in [4.69, 9.17) is 4.74 Å². The van der Waals surface area contributed by atoms with Crippen molar-refractivity contribution in [1.82, 2.24) is 0 Å². The van der Waals surface area contributed by atoms with Crippen LogP contribution in [0.2, 0.25) is 0 Å². The molecule has 2 nitrogen and oxygen atoms in total. The van der Waals surface area contributed by atoms with Crippen LogP contribution in [-0.4, -0.2) is 17.5 Å². The summed E-state index contributed by atoms with van der Waals surface area (Å²) in [4.78, 5) is 0. The number of hydrogen-bond donors (Lipinski definition) is 1. The quantitative estimate of drug-likeness (QED) is 0.470. The Labute approximate surface area is 62.2 Å². The number of aliphatic hydroxyl groups is 1. The summed E-state index contributed by atoms with van der Waals surface area (Å²) in [6.07, 6.45) is 5.68. The zero-order chi connectivity index (χ0) is 7.45. The van der Waals surface area contributed by atoms with Gasteiger partial charge >= 0.3 is 0 Å². The SMILES string of the molecule is CCCCCCC1(O)CO1. The van der Waals surface area contributed by atoms with Crippen LogP contribution in [0.4, 0.5) is 0 Å². The van der Waals surface area contributed by atoms with Crippen molar-refractivity contribution in [1.29, 1.82) is 0 Å². The maximum Gasteiger partial charge on any atom is 0.189 e. The Morgan fingerprint density at radius 1 is 1.40 bits per heavy atom. The first kappa shape index (κ1) is 8.02. The molecule has 0 amide bonds. The molecule has 10 heavy (non-hydrogen) atoms. The monoisotopic (exact) mass is 144 g/mol. The maximum atomic E-state index is 9.21. The molecule has 0 aromatic heterocycles. The maximum absolute atomic E-state index is 9.21. The van der Waals surface area contributed by atoms with Gasteiger partial charge in [0, 0.05) is 6.42 Å². The summed E-state index contributed by atoms with van der Waals surface area (Å²) in [5, 5.41) is 9.21. The van der Waals surface area contributed by atoms with Gasteiger partial charge in [-0.05, 0) is 6.42 Å². The number of rotatable bonds is 5. The number of ether oxygens (including phenoxy) is 1. The van der Waals surface area contributed by atoms with E-state index >= 15 is 0 Å². The molecule has 0 aromatic carbocycles. The first-order valence-corrected chi connectivity index (χ1v) is 4.13.